The molecular weight excluding hydrogens is 256 g/mol. The molecule has 112 valence electrons. The number of anilines is 2. The monoisotopic (exact) mass is 280 g/mol. The highest BCUT2D eigenvalue weighted by atomic mass is 16.5. The minimum atomic E-state index is -0.533. The summed E-state index contributed by atoms with van der Waals surface area (Å²) >= 11 is 0. The average molecular weight is 280 g/mol. The van der Waals surface area contributed by atoms with Crippen LogP contribution >= 0.6 is 0 Å². The van der Waals surface area contributed by atoms with Gasteiger partial charge in [-0.1, -0.05) is 13.8 Å². The third-order valence-corrected chi connectivity index (χ3v) is 3.21. The van der Waals surface area contributed by atoms with Crippen LogP contribution in [0.15, 0.2) is 18.2 Å². The number of benzene rings is 1. The third-order valence-electron chi connectivity index (χ3n) is 3.21. The highest BCUT2D eigenvalue weighted by Gasteiger charge is 2.19. The number of methoxy groups -OCH3 is 1. The Morgan fingerprint density at radius 3 is 2.45 bits per heavy atom. The van der Waals surface area contributed by atoms with Gasteiger partial charge in [0.1, 0.15) is 11.9 Å². The lowest BCUT2D eigenvalue weighted by molar-refractivity contribution is -0.130. The van der Waals surface area contributed by atoms with Crippen LogP contribution in [-0.2, 0) is 9.53 Å². The van der Waals surface area contributed by atoms with E-state index in [1.54, 1.807) is 25.1 Å². The number of carbonyl (C=O) groups excluding carboxylic acids is 1. The number of rotatable bonds is 6. The van der Waals surface area contributed by atoms with Gasteiger partial charge >= 0.3 is 0 Å². The molecule has 0 radical (unpaired) electrons. The van der Waals surface area contributed by atoms with Crippen molar-refractivity contribution >= 4 is 17.3 Å². The summed E-state index contributed by atoms with van der Waals surface area (Å²) in [5, 5.41) is 2.79. The molecule has 1 aromatic carbocycles. The van der Waals surface area contributed by atoms with E-state index in [1.165, 1.54) is 7.11 Å². The number of carbonyl (C=O) groups is 1. The van der Waals surface area contributed by atoms with Gasteiger partial charge in [0.05, 0.1) is 18.9 Å². The summed E-state index contributed by atoms with van der Waals surface area (Å²) in [6.45, 7) is 7.80. The van der Waals surface area contributed by atoms with Crippen molar-refractivity contribution in [3.63, 3.8) is 0 Å². The summed E-state index contributed by atoms with van der Waals surface area (Å²) in [5.74, 6) is 0.680. The van der Waals surface area contributed by atoms with Crippen molar-refractivity contribution in [2.45, 2.75) is 39.9 Å². The first-order chi connectivity index (χ1) is 9.35. The van der Waals surface area contributed by atoms with E-state index in [9.17, 15) is 4.79 Å². The van der Waals surface area contributed by atoms with Crippen molar-refractivity contribution in [1.82, 2.24) is 0 Å². The summed E-state index contributed by atoms with van der Waals surface area (Å²) in [5.41, 5.74) is 6.84. The Morgan fingerprint density at radius 1 is 1.25 bits per heavy atom. The molecule has 0 heterocycles. The summed E-state index contributed by atoms with van der Waals surface area (Å²) in [6, 6.07) is 5.09. The van der Waals surface area contributed by atoms with Crippen LogP contribution in [0.25, 0.3) is 0 Å². The Balaban J connectivity index is 2.70. The van der Waals surface area contributed by atoms with Crippen molar-refractivity contribution in [1.29, 1.82) is 0 Å². The lowest BCUT2D eigenvalue weighted by Crippen LogP contribution is -2.32. The fourth-order valence-corrected chi connectivity index (χ4v) is 1.59. The summed E-state index contributed by atoms with van der Waals surface area (Å²) in [7, 11) is 1.53. The zero-order chi connectivity index (χ0) is 15.3. The van der Waals surface area contributed by atoms with E-state index in [0.29, 0.717) is 23.0 Å². The zero-order valence-corrected chi connectivity index (χ0v) is 12.8. The number of ether oxygens (including phenoxy) is 2. The minimum absolute atomic E-state index is 0.0177. The Hall–Kier alpha value is -1.75. The average Bonchev–Trinajstić information content (AvgIpc) is 2.40. The number of nitrogen functional groups attached to an aromatic ring is 1. The van der Waals surface area contributed by atoms with Gasteiger partial charge in [0.2, 0.25) is 0 Å². The summed E-state index contributed by atoms with van der Waals surface area (Å²) in [6.07, 6.45) is -0.515. The smallest absolute Gasteiger partial charge is 0.253 e. The van der Waals surface area contributed by atoms with Gasteiger partial charge in [0, 0.05) is 11.8 Å². The molecule has 5 heteroatoms. The molecule has 0 aromatic heterocycles. The molecule has 3 N–H and O–H groups in total. The van der Waals surface area contributed by atoms with Gasteiger partial charge in [-0.2, -0.15) is 0 Å². The van der Waals surface area contributed by atoms with Crippen LogP contribution in [0.4, 0.5) is 11.4 Å². The second-order valence-corrected chi connectivity index (χ2v) is 5.18. The van der Waals surface area contributed by atoms with Crippen molar-refractivity contribution in [3.05, 3.63) is 18.2 Å². The predicted octanol–water partition coefficient (Wildman–Crippen LogP) is 2.67. The van der Waals surface area contributed by atoms with Gasteiger partial charge in [0.25, 0.3) is 5.91 Å². The number of nitrogens with two attached hydrogens (primary N) is 1. The molecule has 5 nitrogen and oxygen atoms in total. The Bertz CT molecular complexity index is 460. The number of hydrogen-bond donors (Lipinski definition) is 2. The highest BCUT2D eigenvalue weighted by molar-refractivity contribution is 5.95. The zero-order valence-electron chi connectivity index (χ0n) is 12.8. The predicted molar refractivity (Wildman–Crippen MR) is 80.9 cm³/mol. The Kier molecular flexibility index (Phi) is 5.82. The summed E-state index contributed by atoms with van der Waals surface area (Å²) in [4.78, 5) is 12.1. The quantitative estimate of drug-likeness (QED) is 0.786. The molecule has 2 atom stereocenters. The number of amides is 1. The molecule has 2 unspecified atom stereocenters. The van der Waals surface area contributed by atoms with Gasteiger partial charge in [-0.3, -0.25) is 4.79 Å². The van der Waals surface area contributed by atoms with Crippen molar-refractivity contribution in [2.75, 3.05) is 18.2 Å². The van der Waals surface area contributed by atoms with E-state index in [0.717, 1.165) is 0 Å². The van der Waals surface area contributed by atoms with E-state index in [2.05, 4.69) is 19.2 Å². The molecule has 1 rings (SSSR count). The molecule has 0 bridgehead atoms. The van der Waals surface area contributed by atoms with Crippen molar-refractivity contribution in [3.8, 4) is 5.75 Å². The fourth-order valence-electron chi connectivity index (χ4n) is 1.59. The standard InChI is InChI=1S/C15H24N2O3/c1-9(2)10(3)20-11(4)15(18)17-13-7-6-12(16)8-14(13)19-5/h6-11H,16H2,1-5H3,(H,17,18). The molecule has 0 aliphatic heterocycles. The first kappa shape index (κ1) is 16.3. The maximum Gasteiger partial charge on any atom is 0.253 e. The third kappa shape index (κ3) is 4.42. The van der Waals surface area contributed by atoms with E-state index in [4.69, 9.17) is 15.2 Å². The normalized spacial score (nSPS) is 13.9. The molecule has 0 saturated carbocycles. The second kappa shape index (κ2) is 7.14. The van der Waals surface area contributed by atoms with Crippen LogP contribution in [0.3, 0.4) is 0 Å². The van der Waals surface area contributed by atoms with Gasteiger partial charge in [-0.15, -0.1) is 0 Å². The fraction of sp³-hybridized carbons (Fsp3) is 0.533. The lowest BCUT2D eigenvalue weighted by atomic mass is 10.1. The first-order valence-corrected chi connectivity index (χ1v) is 6.75. The van der Waals surface area contributed by atoms with Crippen LogP contribution in [0.5, 0.6) is 5.75 Å². The Morgan fingerprint density at radius 2 is 1.90 bits per heavy atom. The molecule has 0 saturated heterocycles. The lowest BCUT2D eigenvalue weighted by Gasteiger charge is -2.21. The molecule has 0 fully saturated rings. The van der Waals surface area contributed by atoms with Gasteiger partial charge in [-0.25, -0.2) is 0 Å². The van der Waals surface area contributed by atoms with E-state index >= 15 is 0 Å². The molecule has 1 aromatic rings. The topological polar surface area (TPSA) is 73.6 Å². The van der Waals surface area contributed by atoms with Crippen LogP contribution in [0, 0.1) is 5.92 Å². The first-order valence-electron chi connectivity index (χ1n) is 6.75. The van der Waals surface area contributed by atoms with Crippen LogP contribution < -0.4 is 15.8 Å². The van der Waals surface area contributed by atoms with Crippen molar-refractivity contribution in [2.24, 2.45) is 5.92 Å². The van der Waals surface area contributed by atoms with Gasteiger partial charge < -0.3 is 20.5 Å². The molecule has 1 amide bonds. The molecular formula is C15H24N2O3. The van der Waals surface area contributed by atoms with E-state index in [1.807, 2.05) is 6.92 Å². The largest absolute Gasteiger partial charge is 0.494 e. The number of hydrogen-bond acceptors (Lipinski definition) is 4. The number of nitrogens with one attached hydrogen (secondary N) is 1. The van der Waals surface area contributed by atoms with Gasteiger partial charge in [-0.05, 0) is 31.9 Å². The van der Waals surface area contributed by atoms with E-state index < -0.39 is 6.10 Å². The molecule has 0 aliphatic rings. The Labute approximate surface area is 120 Å². The van der Waals surface area contributed by atoms with Crippen LogP contribution in [0.1, 0.15) is 27.7 Å². The second-order valence-electron chi connectivity index (χ2n) is 5.18. The molecule has 20 heavy (non-hydrogen) atoms. The molecule has 0 aliphatic carbocycles. The SMILES string of the molecule is COc1cc(N)ccc1NC(=O)C(C)OC(C)C(C)C. The highest BCUT2D eigenvalue weighted by Crippen LogP contribution is 2.26. The van der Waals surface area contributed by atoms with E-state index in [-0.39, 0.29) is 12.0 Å². The van der Waals surface area contributed by atoms with Crippen LogP contribution in [-0.4, -0.2) is 25.2 Å². The maximum atomic E-state index is 12.1. The summed E-state index contributed by atoms with van der Waals surface area (Å²) < 4.78 is 10.9. The van der Waals surface area contributed by atoms with Crippen LogP contribution in [0.2, 0.25) is 0 Å². The van der Waals surface area contributed by atoms with Gasteiger partial charge in [0.15, 0.2) is 0 Å². The minimum Gasteiger partial charge on any atom is -0.494 e. The molecule has 0 spiro atoms. The van der Waals surface area contributed by atoms with Crippen molar-refractivity contribution < 1.29 is 14.3 Å². The maximum absolute atomic E-state index is 12.1.